The third-order valence-corrected chi connectivity index (χ3v) is 3.04. The summed E-state index contributed by atoms with van der Waals surface area (Å²) in [5, 5.41) is 9.35. The van der Waals surface area contributed by atoms with E-state index >= 15 is 0 Å². The van der Waals surface area contributed by atoms with Gasteiger partial charge in [-0.3, -0.25) is 4.98 Å². The van der Waals surface area contributed by atoms with Crippen molar-refractivity contribution in [1.29, 1.82) is 0 Å². The van der Waals surface area contributed by atoms with E-state index in [2.05, 4.69) is 15.0 Å². The molecule has 6 heteroatoms. The van der Waals surface area contributed by atoms with Crippen molar-refractivity contribution in [3.05, 3.63) is 47.8 Å². The summed E-state index contributed by atoms with van der Waals surface area (Å²) in [5.74, 6) is -0.442. The monoisotopic (exact) mass is 286 g/mol. The summed E-state index contributed by atoms with van der Waals surface area (Å²) in [6.45, 7) is 4.35. The predicted molar refractivity (Wildman–Crippen MR) is 79.4 cm³/mol. The zero-order valence-electron chi connectivity index (χ0n) is 12.3. The fraction of sp³-hybridized carbons (Fsp3) is 0.333. The quantitative estimate of drug-likeness (QED) is 0.908. The van der Waals surface area contributed by atoms with Crippen molar-refractivity contribution in [3.63, 3.8) is 0 Å². The highest BCUT2D eigenvalue weighted by atomic mass is 16.4. The molecular weight excluding hydrogens is 268 g/mol. The van der Waals surface area contributed by atoms with Crippen LogP contribution in [0.15, 0.2) is 30.6 Å². The largest absolute Gasteiger partial charge is 0.476 e. The molecule has 110 valence electrons. The summed E-state index contributed by atoms with van der Waals surface area (Å²) in [4.78, 5) is 25.9. The van der Waals surface area contributed by atoms with Crippen LogP contribution in [-0.4, -0.2) is 33.1 Å². The number of anilines is 1. The highest BCUT2D eigenvalue weighted by Gasteiger charge is 2.18. The molecule has 0 saturated carbocycles. The van der Waals surface area contributed by atoms with E-state index in [1.165, 1.54) is 0 Å². The van der Waals surface area contributed by atoms with E-state index in [0.717, 1.165) is 5.69 Å². The van der Waals surface area contributed by atoms with Crippen LogP contribution in [0.5, 0.6) is 0 Å². The molecule has 1 N–H and O–H groups in total. The zero-order chi connectivity index (χ0) is 15.4. The van der Waals surface area contributed by atoms with Gasteiger partial charge < -0.3 is 10.0 Å². The maximum absolute atomic E-state index is 11.4. The fourth-order valence-electron chi connectivity index (χ4n) is 1.92. The lowest BCUT2D eigenvalue weighted by atomic mass is 10.2. The van der Waals surface area contributed by atoms with Crippen LogP contribution >= 0.6 is 0 Å². The summed E-state index contributed by atoms with van der Waals surface area (Å²) >= 11 is 0. The molecule has 0 aliphatic carbocycles. The van der Waals surface area contributed by atoms with Gasteiger partial charge in [-0.1, -0.05) is 19.9 Å². The highest BCUT2D eigenvalue weighted by molar-refractivity contribution is 5.91. The first-order valence-electron chi connectivity index (χ1n) is 6.70. The number of rotatable bonds is 5. The van der Waals surface area contributed by atoms with E-state index in [1.54, 1.807) is 24.3 Å². The van der Waals surface area contributed by atoms with Crippen LogP contribution in [0.25, 0.3) is 0 Å². The molecule has 2 heterocycles. The standard InChI is InChI=1S/C15H18N4O2/c1-10(2)14-17-8-12(13(18-14)15(20)21)19(3)9-11-6-4-5-7-16-11/h4-8,10H,9H2,1-3H3,(H,20,21). The van der Waals surface area contributed by atoms with Crippen molar-refractivity contribution in [2.24, 2.45) is 0 Å². The van der Waals surface area contributed by atoms with Gasteiger partial charge >= 0.3 is 5.97 Å². The molecule has 6 nitrogen and oxygen atoms in total. The topological polar surface area (TPSA) is 79.2 Å². The number of aromatic nitrogens is 3. The van der Waals surface area contributed by atoms with Gasteiger partial charge in [-0.05, 0) is 12.1 Å². The molecule has 2 aromatic rings. The number of aromatic carboxylic acids is 1. The molecule has 0 aromatic carbocycles. The van der Waals surface area contributed by atoms with Gasteiger partial charge in [-0.2, -0.15) is 0 Å². The van der Waals surface area contributed by atoms with E-state index in [-0.39, 0.29) is 11.6 Å². The number of nitrogens with zero attached hydrogens (tertiary/aromatic N) is 4. The highest BCUT2D eigenvalue weighted by Crippen LogP contribution is 2.20. The number of hydrogen-bond donors (Lipinski definition) is 1. The number of hydrogen-bond acceptors (Lipinski definition) is 5. The Labute approximate surface area is 123 Å². The first-order chi connectivity index (χ1) is 9.99. The molecule has 2 rings (SSSR count). The Kier molecular flexibility index (Phi) is 4.47. The van der Waals surface area contributed by atoms with Crippen LogP contribution in [0.2, 0.25) is 0 Å². The second kappa shape index (κ2) is 6.30. The van der Waals surface area contributed by atoms with Crippen molar-refractivity contribution in [2.75, 3.05) is 11.9 Å². The van der Waals surface area contributed by atoms with Crippen molar-refractivity contribution >= 4 is 11.7 Å². The Morgan fingerprint density at radius 2 is 2.10 bits per heavy atom. The van der Waals surface area contributed by atoms with Crippen molar-refractivity contribution in [3.8, 4) is 0 Å². The summed E-state index contributed by atoms with van der Waals surface area (Å²) < 4.78 is 0. The Balaban J connectivity index is 2.32. The molecule has 0 spiro atoms. The maximum Gasteiger partial charge on any atom is 0.356 e. The summed E-state index contributed by atoms with van der Waals surface area (Å²) in [7, 11) is 1.80. The van der Waals surface area contributed by atoms with E-state index in [9.17, 15) is 9.90 Å². The smallest absolute Gasteiger partial charge is 0.356 e. The third kappa shape index (κ3) is 3.53. The van der Waals surface area contributed by atoms with Gasteiger partial charge in [0.1, 0.15) is 5.82 Å². The molecule has 0 atom stereocenters. The van der Waals surface area contributed by atoms with Crippen LogP contribution in [-0.2, 0) is 6.54 Å². The number of carboxylic acids is 1. The molecule has 0 radical (unpaired) electrons. The molecule has 0 aliphatic heterocycles. The second-order valence-electron chi connectivity index (χ2n) is 5.10. The molecule has 0 amide bonds. The van der Waals surface area contributed by atoms with Gasteiger partial charge in [0, 0.05) is 19.2 Å². The Morgan fingerprint density at radius 3 is 2.67 bits per heavy atom. The lowest BCUT2D eigenvalue weighted by Gasteiger charge is -2.20. The summed E-state index contributed by atoms with van der Waals surface area (Å²) in [5.41, 5.74) is 1.36. The molecule has 0 fully saturated rings. The molecule has 0 bridgehead atoms. The van der Waals surface area contributed by atoms with Gasteiger partial charge in [0.15, 0.2) is 5.69 Å². The van der Waals surface area contributed by atoms with E-state index in [4.69, 9.17) is 0 Å². The maximum atomic E-state index is 11.4. The zero-order valence-corrected chi connectivity index (χ0v) is 12.3. The summed E-state index contributed by atoms with van der Waals surface area (Å²) in [6.07, 6.45) is 3.27. The van der Waals surface area contributed by atoms with Gasteiger partial charge in [0.05, 0.1) is 24.1 Å². The Bertz CT molecular complexity index is 629. The normalized spacial score (nSPS) is 10.7. The van der Waals surface area contributed by atoms with Crippen molar-refractivity contribution < 1.29 is 9.90 Å². The minimum Gasteiger partial charge on any atom is -0.476 e. The molecule has 21 heavy (non-hydrogen) atoms. The van der Waals surface area contributed by atoms with Crippen LogP contribution in [0.1, 0.15) is 41.8 Å². The van der Waals surface area contributed by atoms with E-state index in [0.29, 0.717) is 18.1 Å². The second-order valence-corrected chi connectivity index (χ2v) is 5.10. The lowest BCUT2D eigenvalue weighted by molar-refractivity contribution is 0.0690. The minimum atomic E-state index is -1.05. The van der Waals surface area contributed by atoms with Crippen LogP contribution in [0.4, 0.5) is 5.69 Å². The molecule has 0 saturated heterocycles. The molecule has 0 unspecified atom stereocenters. The average Bonchev–Trinajstić information content (AvgIpc) is 2.47. The fourth-order valence-corrected chi connectivity index (χ4v) is 1.92. The third-order valence-electron chi connectivity index (χ3n) is 3.04. The van der Waals surface area contributed by atoms with Crippen LogP contribution in [0, 0.1) is 0 Å². The van der Waals surface area contributed by atoms with E-state index in [1.807, 2.05) is 32.0 Å². The molecule has 0 aliphatic rings. The lowest BCUT2D eigenvalue weighted by Crippen LogP contribution is -2.22. The Morgan fingerprint density at radius 1 is 1.33 bits per heavy atom. The average molecular weight is 286 g/mol. The predicted octanol–water partition coefficient (Wildman–Crippen LogP) is 2.33. The van der Waals surface area contributed by atoms with Gasteiger partial charge in [-0.25, -0.2) is 14.8 Å². The number of pyridine rings is 1. The molecular formula is C15H18N4O2. The number of carboxylic acid groups (broad SMARTS) is 1. The van der Waals surface area contributed by atoms with E-state index < -0.39 is 5.97 Å². The minimum absolute atomic E-state index is 0.0205. The van der Waals surface area contributed by atoms with Crippen molar-refractivity contribution in [2.45, 2.75) is 26.3 Å². The SMILES string of the molecule is CC(C)c1ncc(N(C)Cc2ccccn2)c(C(=O)O)n1. The van der Waals surface area contributed by atoms with Crippen LogP contribution in [0.3, 0.4) is 0 Å². The first-order valence-corrected chi connectivity index (χ1v) is 6.70. The number of carbonyl (C=O) groups is 1. The van der Waals surface area contributed by atoms with Crippen LogP contribution < -0.4 is 4.90 Å². The van der Waals surface area contributed by atoms with Gasteiger partial charge in [-0.15, -0.1) is 0 Å². The Hall–Kier alpha value is -2.50. The van der Waals surface area contributed by atoms with Gasteiger partial charge in [0.2, 0.25) is 0 Å². The van der Waals surface area contributed by atoms with Crippen molar-refractivity contribution in [1.82, 2.24) is 15.0 Å². The molecule has 2 aromatic heterocycles. The first kappa shape index (κ1) is 14.9. The summed E-state index contributed by atoms with van der Waals surface area (Å²) in [6, 6.07) is 5.62. The van der Waals surface area contributed by atoms with Gasteiger partial charge in [0.25, 0.3) is 0 Å².